The standard InChI is InChI=1S/C20H17ClNO2P/c21-16-11-13-17(14-12-16)22-20(23)15-25(24,18-7-3-1-4-8-18)19-9-5-2-6-10-19/h1-14H,15H2,(H,22,23). The predicted molar refractivity (Wildman–Crippen MR) is 105 cm³/mol. The van der Waals surface area contributed by atoms with E-state index in [0.717, 1.165) is 0 Å². The van der Waals surface area contributed by atoms with E-state index in [9.17, 15) is 9.36 Å². The van der Waals surface area contributed by atoms with Crippen LogP contribution in [0.4, 0.5) is 5.69 Å². The highest BCUT2D eigenvalue weighted by Crippen LogP contribution is 2.43. The molecule has 0 saturated carbocycles. The molecule has 0 spiro atoms. The third-order valence-electron chi connectivity index (χ3n) is 3.84. The van der Waals surface area contributed by atoms with Crippen LogP contribution < -0.4 is 15.9 Å². The van der Waals surface area contributed by atoms with Gasteiger partial charge in [0.2, 0.25) is 5.91 Å². The lowest BCUT2D eigenvalue weighted by Gasteiger charge is -2.19. The summed E-state index contributed by atoms with van der Waals surface area (Å²) in [5.41, 5.74) is 0.627. The van der Waals surface area contributed by atoms with E-state index in [2.05, 4.69) is 5.32 Å². The first-order chi connectivity index (χ1) is 12.1. The molecule has 1 N–H and O–H groups in total. The molecular formula is C20H17ClNO2P. The van der Waals surface area contributed by atoms with Gasteiger partial charge in [-0.2, -0.15) is 0 Å². The summed E-state index contributed by atoms with van der Waals surface area (Å²) in [6, 6.07) is 25.1. The van der Waals surface area contributed by atoms with Crippen LogP contribution in [0.25, 0.3) is 0 Å². The lowest BCUT2D eigenvalue weighted by Crippen LogP contribution is -2.26. The molecule has 3 rings (SSSR count). The van der Waals surface area contributed by atoms with Crippen LogP contribution in [0.2, 0.25) is 5.02 Å². The van der Waals surface area contributed by atoms with Gasteiger partial charge in [0.25, 0.3) is 0 Å². The SMILES string of the molecule is O=C(CP(=O)(c1ccccc1)c1ccccc1)Nc1ccc(Cl)cc1. The van der Waals surface area contributed by atoms with Gasteiger partial charge in [-0.3, -0.25) is 4.79 Å². The molecule has 126 valence electrons. The summed E-state index contributed by atoms with van der Waals surface area (Å²) in [5.74, 6) is -0.293. The van der Waals surface area contributed by atoms with Crippen molar-refractivity contribution < 1.29 is 9.36 Å². The van der Waals surface area contributed by atoms with E-state index in [1.54, 1.807) is 24.3 Å². The second kappa shape index (κ2) is 7.69. The smallest absolute Gasteiger partial charge is 0.232 e. The minimum absolute atomic E-state index is 0.0936. The van der Waals surface area contributed by atoms with E-state index in [0.29, 0.717) is 21.3 Å². The number of amides is 1. The maximum Gasteiger partial charge on any atom is 0.232 e. The van der Waals surface area contributed by atoms with Crippen molar-refractivity contribution in [2.45, 2.75) is 0 Å². The fraction of sp³-hybridized carbons (Fsp3) is 0.0500. The predicted octanol–water partition coefficient (Wildman–Crippen LogP) is 4.29. The fourth-order valence-electron chi connectivity index (χ4n) is 2.61. The first kappa shape index (κ1) is 17.5. The van der Waals surface area contributed by atoms with Crippen molar-refractivity contribution in [3.05, 3.63) is 90.0 Å². The van der Waals surface area contributed by atoms with Crippen LogP contribution in [0.3, 0.4) is 0 Å². The lowest BCUT2D eigenvalue weighted by molar-refractivity contribution is -0.113. The van der Waals surface area contributed by atoms with Crippen LogP contribution in [0.15, 0.2) is 84.9 Å². The van der Waals surface area contributed by atoms with Crippen molar-refractivity contribution >= 4 is 40.9 Å². The van der Waals surface area contributed by atoms with Crippen LogP contribution in [-0.4, -0.2) is 12.1 Å². The Morgan fingerprint density at radius 2 is 1.28 bits per heavy atom. The van der Waals surface area contributed by atoms with Crippen molar-refractivity contribution in [1.29, 1.82) is 0 Å². The van der Waals surface area contributed by atoms with Crippen molar-refractivity contribution in [3.63, 3.8) is 0 Å². The molecule has 0 aromatic heterocycles. The molecule has 0 saturated heterocycles. The summed E-state index contributed by atoms with van der Waals surface area (Å²) < 4.78 is 13.8. The maximum absolute atomic E-state index is 13.8. The number of rotatable bonds is 5. The van der Waals surface area contributed by atoms with Crippen molar-refractivity contribution in [1.82, 2.24) is 0 Å². The monoisotopic (exact) mass is 369 g/mol. The van der Waals surface area contributed by atoms with Gasteiger partial charge in [-0.05, 0) is 24.3 Å². The minimum Gasteiger partial charge on any atom is -0.326 e. The molecule has 0 radical (unpaired) electrons. The fourth-order valence-corrected chi connectivity index (χ4v) is 5.19. The first-order valence-electron chi connectivity index (χ1n) is 7.84. The normalized spacial score (nSPS) is 11.1. The van der Waals surface area contributed by atoms with E-state index >= 15 is 0 Å². The molecule has 3 nitrogen and oxygen atoms in total. The number of carbonyl (C=O) groups excluding carboxylic acids is 1. The third kappa shape index (κ3) is 4.19. The van der Waals surface area contributed by atoms with Gasteiger partial charge in [-0.25, -0.2) is 0 Å². The molecule has 25 heavy (non-hydrogen) atoms. The zero-order valence-electron chi connectivity index (χ0n) is 13.4. The molecule has 0 aliphatic heterocycles. The van der Waals surface area contributed by atoms with Gasteiger partial charge >= 0.3 is 0 Å². The van der Waals surface area contributed by atoms with Crippen LogP contribution in [0.5, 0.6) is 0 Å². The molecule has 0 atom stereocenters. The molecule has 1 amide bonds. The highest BCUT2D eigenvalue weighted by atomic mass is 35.5. The summed E-state index contributed by atoms with van der Waals surface area (Å²) in [6.45, 7) is 0. The van der Waals surface area contributed by atoms with Crippen LogP contribution in [0.1, 0.15) is 0 Å². The minimum atomic E-state index is -3.06. The van der Waals surface area contributed by atoms with E-state index in [1.807, 2.05) is 60.7 Å². The Morgan fingerprint density at radius 1 is 0.800 bits per heavy atom. The molecule has 0 aliphatic rings. The molecule has 0 bridgehead atoms. The highest BCUT2D eigenvalue weighted by molar-refractivity contribution is 7.79. The molecule has 0 fully saturated rings. The second-order valence-corrected chi connectivity index (χ2v) is 8.89. The van der Waals surface area contributed by atoms with Crippen molar-refractivity contribution in [3.8, 4) is 0 Å². The zero-order chi connectivity index (χ0) is 17.7. The Balaban J connectivity index is 1.89. The van der Waals surface area contributed by atoms with Gasteiger partial charge in [0.15, 0.2) is 7.14 Å². The Hall–Kier alpha value is -2.35. The Bertz CT molecular complexity index is 852. The number of hydrogen-bond acceptors (Lipinski definition) is 2. The lowest BCUT2D eigenvalue weighted by atomic mass is 10.3. The number of benzene rings is 3. The average molecular weight is 370 g/mol. The van der Waals surface area contributed by atoms with Crippen molar-refractivity contribution in [2.24, 2.45) is 0 Å². The number of carbonyl (C=O) groups is 1. The van der Waals surface area contributed by atoms with Crippen LogP contribution in [-0.2, 0) is 9.36 Å². The quantitative estimate of drug-likeness (QED) is 0.682. The number of hydrogen-bond donors (Lipinski definition) is 1. The number of nitrogens with one attached hydrogen (secondary N) is 1. The van der Waals surface area contributed by atoms with Gasteiger partial charge < -0.3 is 9.88 Å². The summed E-state index contributed by atoms with van der Waals surface area (Å²) in [5, 5.41) is 4.74. The van der Waals surface area contributed by atoms with E-state index in [-0.39, 0.29) is 12.1 Å². The molecule has 5 heteroatoms. The summed E-state index contributed by atoms with van der Waals surface area (Å²) in [7, 11) is -3.06. The molecule has 3 aromatic rings. The highest BCUT2D eigenvalue weighted by Gasteiger charge is 2.30. The maximum atomic E-state index is 13.8. The average Bonchev–Trinajstić information content (AvgIpc) is 2.65. The molecular weight excluding hydrogens is 353 g/mol. The van der Waals surface area contributed by atoms with E-state index in [4.69, 9.17) is 11.6 Å². The molecule has 0 aliphatic carbocycles. The van der Waals surface area contributed by atoms with Gasteiger partial charge in [0.1, 0.15) is 0 Å². The molecule has 3 aromatic carbocycles. The Morgan fingerprint density at radius 3 is 1.76 bits per heavy atom. The van der Waals surface area contributed by atoms with Crippen LogP contribution in [0, 0.1) is 0 Å². The van der Waals surface area contributed by atoms with Gasteiger partial charge in [0, 0.05) is 21.3 Å². The molecule has 0 unspecified atom stereocenters. The second-order valence-electron chi connectivity index (χ2n) is 5.62. The van der Waals surface area contributed by atoms with E-state index < -0.39 is 7.14 Å². The summed E-state index contributed by atoms with van der Waals surface area (Å²) >= 11 is 5.86. The number of anilines is 1. The Labute approximate surface area is 152 Å². The Kier molecular flexibility index (Phi) is 5.37. The summed E-state index contributed by atoms with van der Waals surface area (Å²) in [4.78, 5) is 12.5. The zero-order valence-corrected chi connectivity index (χ0v) is 15.1. The van der Waals surface area contributed by atoms with Gasteiger partial charge in [0.05, 0.1) is 6.16 Å². The molecule has 0 heterocycles. The van der Waals surface area contributed by atoms with Gasteiger partial charge in [-0.15, -0.1) is 0 Å². The first-order valence-corrected chi connectivity index (χ1v) is 10.1. The van der Waals surface area contributed by atoms with Crippen molar-refractivity contribution in [2.75, 3.05) is 11.5 Å². The summed E-state index contributed by atoms with van der Waals surface area (Å²) in [6.07, 6.45) is -0.0936. The number of halogens is 1. The van der Waals surface area contributed by atoms with Gasteiger partial charge in [-0.1, -0.05) is 72.3 Å². The van der Waals surface area contributed by atoms with Crippen LogP contribution >= 0.6 is 18.7 Å². The largest absolute Gasteiger partial charge is 0.326 e. The third-order valence-corrected chi connectivity index (χ3v) is 7.09. The van der Waals surface area contributed by atoms with E-state index in [1.165, 1.54) is 0 Å². The topological polar surface area (TPSA) is 46.2 Å².